The number of likely N-dealkylation sites (tertiary alicyclic amines) is 1. The Bertz CT molecular complexity index is 580. The third-order valence-electron chi connectivity index (χ3n) is 5.28. The van der Waals surface area contributed by atoms with Gasteiger partial charge in [-0.2, -0.15) is 0 Å². The van der Waals surface area contributed by atoms with E-state index in [2.05, 4.69) is 51.6 Å². The van der Waals surface area contributed by atoms with Crippen molar-refractivity contribution in [1.29, 1.82) is 0 Å². The van der Waals surface area contributed by atoms with Gasteiger partial charge in [-0.25, -0.2) is 0 Å². The molecule has 0 saturated carbocycles. The minimum Gasteiger partial charge on any atom is -0.377 e. The molecule has 2 aliphatic rings. The van der Waals surface area contributed by atoms with Crippen molar-refractivity contribution in [3.8, 4) is 0 Å². The maximum absolute atomic E-state index is 5.37. The van der Waals surface area contributed by atoms with Gasteiger partial charge in [0.05, 0.1) is 13.2 Å². The molecule has 0 aromatic heterocycles. The standard InChI is InChI=1S/C21H31N3O.HI/c1-22-21(23-12-7-18-10-15-25-16-11-18)24-13-8-20(9-14-24)17-19-5-3-2-4-6-19;/h2-6,10,20H,7-9,11-17H2,1H3,(H,22,23);1H. The fourth-order valence-electron chi connectivity index (χ4n) is 3.76. The van der Waals surface area contributed by atoms with E-state index in [1.807, 2.05) is 7.05 Å². The van der Waals surface area contributed by atoms with E-state index in [1.165, 1.54) is 30.4 Å². The number of hydrogen-bond acceptors (Lipinski definition) is 2. The van der Waals surface area contributed by atoms with Crippen LogP contribution in [0, 0.1) is 5.92 Å². The number of nitrogens with one attached hydrogen (secondary N) is 1. The van der Waals surface area contributed by atoms with Crippen LogP contribution >= 0.6 is 24.0 Å². The van der Waals surface area contributed by atoms with E-state index in [0.717, 1.165) is 57.6 Å². The molecule has 4 nitrogen and oxygen atoms in total. The molecular weight excluding hydrogens is 437 g/mol. The maximum atomic E-state index is 5.37. The number of aliphatic imine (C=N–C) groups is 1. The summed E-state index contributed by atoms with van der Waals surface area (Å²) in [5, 5.41) is 3.55. The van der Waals surface area contributed by atoms with Crippen LogP contribution in [0.1, 0.15) is 31.2 Å². The second-order valence-electron chi connectivity index (χ2n) is 7.03. The Hall–Kier alpha value is -1.08. The highest BCUT2D eigenvalue weighted by Crippen LogP contribution is 2.21. The zero-order valence-electron chi connectivity index (χ0n) is 15.8. The molecule has 1 saturated heterocycles. The number of nitrogens with zero attached hydrogens (tertiary/aromatic N) is 2. The number of halogens is 1. The fourth-order valence-corrected chi connectivity index (χ4v) is 3.76. The van der Waals surface area contributed by atoms with Gasteiger partial charge in [0, 0.05) is 26.7 Å². The van der Waals surface area contributed by atoms with Crippen LogP contribution in [0.3, 0.4) is 0 Å². The van der Waals surface area contributed by atoms with E-state index >= 15 is 0 Å². The smallest absolute Gasteiger partial charge is 0.193 e. The van der Waals surface area contributed by atoms with Crippen LogP contribution in [0.4, 0.5) is 0 Å². The average molecular weight is 469 g/mol. The lowest BCUT2D eigenvalue weighted by Gasteiger charge is -2.34. The lowest BCUT2D eigenvalue weighted by molar-refractivity contribution is 0.153. The van der Waals surface area contributed by atoms with Crippen molar-refractivity contribution >= 4 is 29.9 Å². The molecule has 0 aliphatic carbocycles. The number of rotatable bonds is 5. The molecular formula is C21H32IN3O. The Morgan fingerprint density at radius 2 is 2.00 bits per heavy atom. The first-order chi connectivity index (χ1) is 12.3. The Morgan fingerprint density at radius 1 is 1.23 bits per heavy atom. The zero-order chi connectivity index (χ0) is 17.3. The Labute approximate surface area is 175 Å². The number of guanidine groups is 1. The first-order valence-electron chi connectivity index (χ1n) is 9.60. The summed E-state index contributed by atoms with van der Waals surface area (Å²) >= 11 is 0. The monoisotopic (exact) mass is 469 g/mol. The largest absolute Gasteiger partial charge is 0.377 e. The van der Waals surface area contributed by atoms with Crippen LogP contribution in [0.15, 0.2) is 47.0 Å². The summed E-state index contributed by atoms with van der Waals surface area (Å²) in [6.45, 7) is 4.82. The highest BCUT2D eigenvalue weighted by molar-refractivity contribution is 14.0. The molecule has 5 heteroatoms. The predicted octanol–water partition coefficient (Wildman–Crippen LogP) is 3.87. The molecule has 2 heterocycles. The van der Waals surface area contributed by atoms with Crippen molar-refractivity contribution in [2.24, 2.45) is 10.9 Å². The topological polar surface area (TPSA) is 36.9 Å². The van der Waals surface area contributed by atoms with Gasteiger partial charge in [0.15, 0.2) is 5.96 Å². The molecule has 26 heavy (non-hydrogen) atoms. The summed E-state index contributed by atoms with van der Waals surface area (Å²) < 4.78 is 5.37. The zero-order valence-corrected chi connectivity index (χ0v) is 18.2. The van der Waals surface area contributed by atoms with Gasteiger partial charge in [-0.3, -0.25) is 4.99 Å². The summed E-state index contributed by atoms with van der Waals surface area (Å²) in [4.78, 5) is 6.91. The van der Waals surface area contributed by atoms with Crippen molar-refractivity contribution in [1.82, 2.24) is 10.2 Å². The van der Waals surface area contributed by atoms with Crippen LogP contribution in [-0.4, -0.2) is 50.8 Å². The second-order valence-corrected chi connectivity index (χ2v) is 7.03. The molecule has 1 aromatic carbocycles. The Balaban J connectivity index is 0.00000243. The summed E-state index contributed by atoms with van der Waals surface area (Å²) in [5.41, 5.74) is 2.98. The summed E-state index contributed by atoms with van der Waals surface area (Å²) in [6, 6.07) is 10.9. The third-order valence-corrected chi connectivity index (χ3v) is 5.28. The first kappa shape index (κ1) is 21.2. The van der Waals surface area contributed by atoms with Crippen LogP contribution in [-0.2, 0) is 11.2 Å². The minimum absolute atomic E-state index is 0. The van der Waals surface area contributed by atoms with Gasteiger partial charge in [-0.05, 0) is 43.6 Å². The summed E-state index contributed by atoms with van der Waals surface area (Å²) in [6.07, 6.45) is 8.09. The second kappa shape index (κ2) is 11.6. The van der Waals surface area contributed by atoms with E-state index in [4.69, 9.17) is 4.74 Å². The summed E-state index contributed by atoms with van der Waals surface area (Å²) in [7, 11) is 1.89. The molecule has 0 bridgehead atoms. The van der Waals surface area contributed by atoms with E-state index in [-0.39, 0.29) is 24.0 Å². The van der Waals surface area contributed by atoms with E-state index in [9.17, 15) is 0 Å². The fraction of sp³-hybridized carbons (Fsp3) is 0.571. The molecule has 1 N–H and O–H groups in total. The Kier molecular flexibility index (Phi) is 9.46. The molecule has 0 radical (unpaired) electrons. The highest BCUT2D eigenvalue weighted by Gasteiger charge is 2.21. The number of benzene rings is 1. The van der Waals surface area contributed by atoms with Gasteiger partial charge in [0.2, 0.25) is 0 Å². The van der Waals surface area contributed by atoms with E-state index in [0.29, 0.717) is 0 Å². The van der Waals surface area contributed by atoms with E-state index in [1.54, 1.807) is 0 Å². The van der Waals surface area contributed by atoms with Gasteiger partial charge in [-0.15, -0.1) is 24.0 Å². The third kappa shape index (κ3) is 6.58. The van der Waals surface area contributed by atoms with Crippen LogP contribution in [0.25, 0.3) is 0 Å². The minimum atomic E-state index is 0. The maximum Gasteiger partial charge on any atom is 0.193 e. The van der Waals surface area contributed by atoms with Crippen molar-refractivity contribution in [3.63, 3.8) is 0 Å². The molecule has 3 rings (SSSR count). The molecule has 0 atom stereocenters. The molecule has 144 valence electrons. The molecule has 1 fully saturated rings. The van der Waals surface area contributed by atoms with Crippen molar-refractivity contribution in [2.45, 2.75) is 32.1 Å². The number of ether oxygens (including phenoxy) is 1. The predicted molar refractivity (Wildman–Crippen MR) is 119 cm³/mol. The van der Waals surface area contributed by atoms with Crippen LogP contribution in [0.2, 0.25) is 0 Å². The van der Waals surface area contributed by atoms with E-state index < -0.39 is 0 Å². The van der Waals surface area contributed by atoms with Crippen LogP contribution in [0.5, 0.6) is 0 Å². The average Bonchev–Trinajstić information content (AvgIpc) is 2.68. The van der Waals surface area contributed by atoms with Gasteiger partial charge >= 0.3 is 0 Å². The highest BCUT2D eigenvalue weighted by atomic mass is 127. The number of piperidine rings is 1. The summed E-state index contributed by atoms with van der Waals surface area (Å²) in [5.74, 6) is 1.86. The van der Waals surface area contributed by atoms with Gasteiger partial charge in [0.1, 0.15) is 0 Å². The SMILES string of the molecule is CN=C(NCCC1=CCOCC1)N1CCC(Cc2ccccc2)CC1.I. The number of hydrogen-bond donors (Lipinski definition) is 1. The lowest BCUT2D eigenvalue weighted by atomic mass is 9.90. The molecule has 0 amide bonds. The first-order valence-corrected chi connectivity index (χ1v) is 9.60. The lowest BCUT2D eigenvalue weighted by Crippen LogP contribution is -2.46. The molecule has 0 spiro atoms. The molecule has 2 aliphatic heterocycles. The van der Waals surface area contributed by atoms with Crippen molar-refractivity contribution in [3.05, 3.63) is 47.5 Å². The van der Waals surface area contributed by atoms with Gasteiger partial charge in [0.25, 0.3) is 0 Å². The molecule has 0 unspecified atom stereocenters. The van der Waals surface area contributed by atoms with Gasteiger partial charge in [-0.1, -0.05) is 42.0 Å². The quantitative estimate of drug-likeness (QED) is 0.308. The Morgan fingerprint density at radius 3 is 2.65 bits per heavy atom. The normalized spacial score (nSPS) is 18.9. The van der Waals surface area contributed by atoms with Crippen LogP contribution < -0.4 is 5.32 Å². The van der Waals surface area contributed by atoms with Crippen molar-refractivity contribution in [2.75, 3.05) is 39.9 Å². The van der Waals surface area contributed by atoms with Gasteiger partial charge < -0.3 is 15.0 Å². The van der Waals surface area contributed by atoms with Crippen molar-refractivity contribution < 1.29 is 4.74 Å². The molecule has 1 aromatic rings.